The Kier molecular flexibility index (Phi) is 6.60. The first-order valence-electron chi connectivity index (χ1n) is 15.7. The third kappa shape index (κ3) is 4.49. The number of halogens is 3. The van der Waals surface area contributed by atoms with Gasteiger partial charge in [0.05, 0.1) is 11.6 Å². The summed E-state index contributed by atoms with van der Waals surface area (Å²) < 4.78 is 59.2. The van der Waals surface area contributed by atoms with Crippen LogP contribution in [0.1, 0.15) is 51.0 Å². The number of piperidine rings is 1. The number of benzene rings is 2. The van der Waals surface area contributed by atoms with Gasteiger partial charge in [0.1, 0.15) is 53.4 Å². The zero-order chi connectivity index (χ0) is 31.0. The minimum atomic E-state index is -0.915. The van der Waals surface area contributed by atoms with Crippen molar-refractivity contribution in [3.05, 3.63) is 48.0 Å². The highest BCUT2D eigenvalue weighted by Gasteiger charge is 2.49. The van der Waals surface area contributed by atoms with Crippen LogP contribution in [-0.2, 0) is 0 Å². The summed E-state index contributed by atoms with van der Waals surface area (Å²) >= 11 is 0. The number of aromatic hydroxyl groups is 1. The highest BCUT2D eigenvalue weighted by atomic mass is 19.1. The predicted molar refractivity (Wildman–Crippen MR) is 166 cm³/mol. The van der Waals surface area contributed by atoms with Gasteiger partial charge in [-0.15, -0.1) is 0 Å². The molecule has 0 bridgehead atoms. The van der Waals surface area contributed by atoms with Gasteiger partial charge in [0, 0.05) is 36.0 Å². The Morgan fingerprint density at radius 1 is 1.13 bits per heavy atom. The molecule has 4 aromatic rings. The quantitative estimate of drug-likeness (QED) is 0.269. The van der Waals surface area contributed by atoms with Crippen molar-refractivity contribution < 1.29 is 27.8 Å². The number of phenols is 1. The number of allylic oxidation sites excluding steroid dienone is 1. The highest BCUT2D eigenvalue weighted by molar-refractivity contribution is 6.06. The van der Waals surface area contributed by atoms with Crippen molar-refractivity contribution in [2.45, 2.75) is 63.2 Å². The van der Waals surface area contributed by atoms with Crippen LogP contribution in [0.15, 0.2) is 30.8 Å². The average Bonchev–Trinajstić information content (AvgIpc) is 3.49. The number of ether oxygens (including phenoxy) is 2. The van der Waals surface area contributed by atoms with Crippen molar-refractivity contribution in [3.8, 4) is 28.9 Å². The Balaban J connectivity index is 1.34. The third-order valence-electron chi connectivity index (χ3n) is 9.99. The second-order valence-corrected chi connectivity index (χ2v) is 12.9. The average molecular weight is 618 g/mol. The van der Waals surface area contributed by atoms with Crippen LogP contribution in [0, 0.1) is 11.6 Å². The van der Waals surface area contributed by atoms with Gasteiger partial charge in [0.2, 0.25) is 5.88 Å². The predicted octanol–water partition coefficient (Wildman–Crippen LogP) is 6.57. The largest absolute Gasteiger partial charge is 0.508 e. The summed E-state index contributed by atoms with van der Waals surface area (Å²) in [5, 5.41) is 11.9. The number of anilines is 1. The first-order chi connectivity index (χ1) is 21.7. The Morgan fingerprint density at radius 3 is 2.84 bits per heavy atom. The number of rotatable bonds is 5. The number of aromatic nitrogens is 3. The van der Waals surface area contributed by atoms with Crippen LogP contribution >= 0.6 is 0 Å². The van der Waals surface area contributed by atoms with Crippen LogP contribution in [0.3, 0.4) is 0 Å². The van der Waals surface area contributed by atoms with E-state index in [0.717, 1.165) is 38.6 Å². The molecule has 0 unspecified atom stereocenters. The molecule has 3 saturated heterocycles. The van der Waals surface area contributed by atoms with E-state index in [9.17, 15) is 9.50 Å². The fourth-order valence-corrected chi connectivity index (χ4v) is 7.96. The number of pyridine rings is 1. The number of hydrogen-bond donors (Lipinski definition) is 1. The van der Waals surface area contributed by atoms with Crippen LogP contribution in [0.5, 0.6) is 17.6 Å². The monoisotopic (exact) mass is 617 g/mol. The first-order valence-corrected chi connectivity index (χ1v) is 15.7. The minimum absolute atomic E-state index is 0.00201. The van der Waals surface area contributed by atoms with Gasteiger partial charge < -0.3 is 19.5 Å². The molecule has 11 heteroatoms. The standard InChI is InChI=1S/C34H34F3N5O3/c1-18(2)25-24(36)8-7-19-12-22(43)13-23(26(19)25)29-28(37)30-27-31(42-11-4-3-6-21(42)16-44-32(27)38-29)40-33(39-30)45-17-34-9-5-10-41(34)15-20(35)14-34/h7-8,12-13,20-21,43H,1,3-6,9-11,14-17H2,2H3/t20-,21+,34+/m1/s1. The summed E-state index contributed by atoms with van der Waals surface area (Å²) in [5.74, 6) is -0.751. The van der Waals surface area contributed by atoms with Gasteiger partial charge in [-0.1, -0.05) is 12.6 Å². The van der Waals surface area contributed by atoms with Crippen LogP contribution in [-0.4, -0.2) is 75.6 Å². The van der Waals surface area contributed by atoms with Gasteiger partial charge in [-0.05, 0) is 74.7 Å². The van der Waals surface area contributed by atoms with Gasteiger partial charge >= 0.3 is 6.01 Å². The number of hydrogen-bond acceptors (Lipinski definition) is 8. The van der Waals surface area contributed by atoms with Gasteiger partial charge in [-0.2, -0.15) is 9.97 Å². The molecule has 0 saturated carbocycles. The molecule has 2 aromatic heterocycles. The minimum Gasteiger partial charge on any atom is -0.508 e. The maximum atomic E-state index is 17.0. The summed E-state index contributed by atoms with van der Waals surface area (Å²) in [6.45, 7) is 8.06. The molecular weight excluding hydrogens is 583 g/mol. The van der Waals surface area contributed by atoms with Crippen LogP contribution < -0.4 is 14.4 Å². The Bertz CT molecular complexity index is 1890. The Hall–Kier alpha value is -4.12. The van der Waals surface area contributed by atoms with E-state index in [1.807, 2.05) is 0 Å². The molecule has 0 radical (unpaired) electrons. The van der Waals surface area contributed by atoms with Crippen molar-refractivity contribution in [2.75, 3.05) is 37.7 Å². The van der Waals surface area contributed by atoms with E-state index in [2.05, 4.69) is 26.3 Å². The van der Waals surface area contributed by atoms with Crippen LogP contribution in [0.4, 0.5) is 19.0 Å². The van der Waals surface area contributed by atoms with E-state index in [1.165, 1.54) is 24.3 Å². The molecule has 8 rings (SSSR count). The molecule has 2 aromatic carbocycles. The second-order valence-electron chi connectivity index (χ2n) is 12.9. The lowest BCUT2D eigenvalue weighted by Gasteiger charge is -2.35. The summed E-state index contributed by atoms with van der Waals surface area (Å²) in [7, 11) is 0. The van der Waals surface area contributed by atoms with E-state index in [-0.39, 0.29) is 52.6 Å². The fourth-order valence-electron chi connectivity index (χ4n) is 7.96. The summed E-state index contributed by atoms with van der Waals surface area (Å²) in [6, 6.07) is 5.71. The lowest BCUT2D eigenvalue weighted by atomic mass is 9.93. The van der Waals surface area contributed by atoms with Crippen molar-refractivity contribution in [1.82, 2.24) is 19.9 Å². The SMILES string of the molecule is C=C(C)c1c(F)ccc2cc(O)cc(-c3nc4c5c(nc(OC[C@@]67CCCN6C[C@H](F)C7)nc5c3F)N3CCCC[C@H]3CO4)c12. The number of alkyl halides is 1. The molecule has 4 aliphatic heterocycles. The molecule has 3 fully saturated rings. The van der Waals surface area contributed by atoms with Crippen molar-refractivity contribution in [2.24, 2.45) is 0 Å². The highest BCUT2D eigenvalue weighted by Crippen LogP contribution is 2.45. The van der Waals surface area contributed by atoms with Gasteiger partial charge in [0.15, 0.2) is 5.82 Å². The topological polar surface area (TPSA) is 83.8 Å². The maximum absolute atomic E-state index is 17.0. The Morgan fingerprint density at radius 2 is 2.00 bits per heavy atom. The summed E-state index contributed by atoms with van der Waals surface area (Å²) in [5.41, 5.74) is 0.231. The van der Waals surface area contributed by atoms with E-state index in [1.54, 1.807) is 6.92 Å². The number of phenolic OH excluding ortho intramolecular Hbond substituents is 1. The molecule has 0 spiro atoms. The number of fused-ring (bicyclic) bond motifs is 4. The first kappa shape index (κ1) is 28.4. The summed E-state index contributed by atoms with van der Waals surface area (Å²) in [4.78, 5) is 18.4. The Labute approximate surface area is 258 Å². The lowest BCUT2D eigenvalue weighted by molar-refractivity contribution is 0.107. The molecule has 4 aliphatic rings. The van der Waals surface area contributed by atoms with Gasteiger partial charge in [0.25, 0.3) is 0 Å². The molecule has 0 aliphatic carbocycles. The van der Waals surface area contributed by atoms with E-state index >= 15 is 8.78 Å². The molecule has 0 amide bonds. The van der Waals surface area contributed by atoms with Crippen LogP contribution in [0.25, 0.3) is 38.5 Å². The van der Waals surface area contributed by atoms with Crippen molar-refractivity contribution in [3.63, 3.8) is 0 Å². The molecule has 1 N–H and O–H groups in total. The fraction of sp³-hybridized carbons (Fsp3) is 0.441. The summed E-state index contributed by atoms with van der Waals surface area (Å²) in [6.07, 6.45) is 4.09. The van der Waals surface area contributed by atoms with Crippen molar-refractivity contribution >= 4 is 33.1 Å². The molecule has 8 nitrogen and oxygen atoms in total. The zero-order valence-electron chi connectivity index (χ0n) is 25.1. The molecule has 3 atom stereocenters. The van der Waals surface area contributed by atoms with Crippen LogP contribution in [0.2, 0.25) is 0 Å². The van der Waals surface area contributed by atoms with E-state index in [0.29, 0.717) is 53.7 Å². The lowest BCUT2D eigenvalue weighted by Crippen LogP contribution is -2.44. The van der Waals surface area contributed by atoms with Crippen molar-refractivity contribution in [1.29, 1.82) is 0 Å². The molecule has 45 heavy (non-hydrogen) atoms. The molecule has 6 heterocycles. The molecular formula is C34H34F3N5O3. The number of nitrogens with zero attached hydrogens (tertiary/aromatic N) is 5. The smallest absolute Gasteiger partial charge is 0.319 e. The van der Waals surface area contributed by atoms with E-state index in [4.69, 9.17) is 14.5 Å². The normalized spacial score (nSPS) is 24.4. The van der Waals surface area contributed by atoms with Gasteiger partial charge in [-0.25, -0.2) is 18.2 Å². The third-order valence-corrected chi connectivity index (χ3v) is 9.99. The van der Waals surface area contributed by atoms with E-state index < -0.39 is 23.3 Å². The van der Waals surface area contributed by atoms with Gasteiger partial charge in [-0.3, -0.25) is 4.90 Å². The zero-order valence-corrected chi connectivity index (χ0v) is 25.1. The maximum Gasteiger partial charge on any atom is 0.319 e. The molecule has 234 valence electrons. The second kappa shape index (κ2) is 10.5.